The monoisotopic (exact) mass is 385 g/mol. The number of fused-ring (bicyclic) bond motifs is 1. The van der Waals surface area contributed by atoms with Crippen LogP contribution in [0.3, 0.4) is 0 Å². The van der Waals surface area contributed by atoms with Gasteiger partial charge in [0.2, 0.25) is 0 Å². The number of nitrogens with zero attached hydrogens (tertiary/aromatic N) is 4. The molecule has 0 bridgehead atoms. The number of rotatable bonds is 2. The van der Waals surface area contributed by atoms with E-state index < -0.39 is 0 Å². The van der Waals surface area contributed by atoms with Gasteiger partial charge in [-0.25, -0.2) is 4.68 Å². The number of benzene rings is 1. The number of anilines is 1. The van der Waals surface area contributed by atoms with Crippen LogP contribution in [0.2, 0.25) is 5.02 Å². The highest BCUT2D eigenvalue weighted by Crippen LogP contribution is 2.28. The molecule has 0 aliphatic carbocycles. The van der Waals surface area contributed by atoms with Gasteiger partial charge in [-0.3, -0.25) is 4.98 Å². The number of piperazine rings is 1. The quantitative estimate of drug-likeness (QED) is 0.734. The molecule has 1 saturated heterocycles. The van der Waals surface area contributed by atoms with Crippen LogP contribution in [0.5, 0.6) is 0 Å². The maximum atomic E-state index is 5.99. The Balaban J connectivity index is 0.00000104. The topological polar surface area (TPSA) is 46.0 Å². The van der Waals surface area contributed by atoms with Crippen LogP contribution < -0.4 is 10.2 Å². The van der Waals surface area contributed by atoms with Crippen LogP contribution >= 0.6 is 36.4 Å². The van der Waals surface area contributed by atoms with E-state index in [9.17, 15) is 0 Å². The molecule has 3 aromatic rings. The van der Waals surface area contributed by atoms with Crippen molar-refractivity contribution in [2.24, 2.45) is 0 Å². The first-order valence-electron chi connectivity index (χ1n) is 7.37. The van der Waals surface area contributed by atoms with Crippen molar-refractivity contribution in [2.75, 3.05) is 31.1 Å². The lowest BCUT2D eigenvalue weighted by atomic mass is 10.2. The van der Waals surface area contributed by atoms with E-state index >= 15 is 0 Å². The number of pyridine rings is 1. The second kappa shape index (κ2) is 8.03. The molecule has 1 aromatic carbocycles. The van der Waals surface area contributed by atoms with Gasteiger partial charge in [0, 0.05) is 42.8 Å². The first-order valence-corrected chi connectivity index (χ1v) is 7.75. The fourth-order valence-corrected chi connectivity index (χ4v) is 2.96. The van der Waals surface area contributed by atoms with Crippen molar-refractivity contribution in [3.8, 4) is 5.69 Å². The molecule has 0 unspecified atom stereocenters. The molecule has 1 N–H and O–H groups in total. The highest BCUT2D eigenvalue weighted by atomic mass is 35.5. The van der Waals surface area contributed by atoms with Crippen LogP contribution in [0, 0.1) is 0 Å². The maximum Gasteiger partial charge on any atom is 0.159 e. The summed E-state index contributed by atoms with van der Waals surface area (Å²) in [5.74, 6) is 1.02. The second-order valence-corrected chi connectivity index (χ2v) is 5.78. The maximum absolute atomic E-state index is 5.99. The molecule has 1 fully saturated rings. The van der Waals surface area contributed by atoms with Crippen LogP contribution in [-0.4, -0.2) is 40.9 Å². The van der Waals surface area contributed by atoms with E-state index in [0.717, 1.165) is 53.6 Å². The summed E-state index contributed by atoms with van der Waals surface area (Å²) in [6, 6.07) is 9.75. The van der Waals surface area contributed by atoms with E-state index in [4.69, 9.17) is 16.7 Å². The molecule has 1 aliphatic heterocycles. The molecule has 0 saturated carbocycles. The van der Waals surface area contributed by atoms with Gasteiger partial charge in [-0.2, -0.15) is 0 Å². The van der Waals surface area contributed by atoms with Gasteiger partial charge in [0.15, 0.2) is 5.82 Å². The minimum absolute atomic E-state index is 0. The SMILES string of the molecule is Cl.Cl.Clc1ccc(-n2nc(N3CCNCC3)c3ccncc32)cc1. The molecule has 1 aliphatic rings. The standard InChI is InChI=1S/C16H16ClN5.2ClH/c17-12-1-3-13(4-2-12)22-15-11-19-6-5-14(15)16(20-22)21-9-7-18-8-10-21;;/h1-6,11,18H,7-10H2;2*1H. The predicted molar refractivity (Wildman–Crippen MR) is 103 cm³/mol. The molecule has 4 rings (SSSR count). The largest absolute Gasteiger partial charge is 0.352 e. The summed E-state index contributed by atoms with van der Waals surface area (Å²) in [5.41, 5.74) is 2.00. The van der Waals surface area contributed by atoms with Crippen molar-refractivity contribution >= 4 is 53.1 Å². The van der Waals surface area contributed by atoms with Gasteiger partial charge in [0.05, 0.1) is 17.4 Å². The molecule has 8 heteroatoms. The fourth-order valence-electron chi connectivity index (χ4n) is 2.84. The van der Waals surface area contributed by atoms with E-state index in [1.807, 2.05) is 47.4 Å². The molecule has 2 aromatic heterocycles. The molecule has 5 nitrogen and oxygen atoms in total. The van der Waals surface area contributed by atoms with Crippen molar-refractivity contribution in [1.82, 2.24) is 20.1 Å². The lowest BCUT2D eigenvalue weighted by molar-refractivity contribution is 0.584. The van der Waals surface area contributed by atoms with Crippen molar-refractivity contribution in [3.05, 3.63) is 47.7 Å². The summed E-state index contributed by atoms with van der Waals surface area (Å²) in [6.07, 6.45) is 3.69. The Labute approximate surface area is 157 Å². The van der Waals surface area contributed by atoms with Gasteiger partial charge in [0.1, 0.15) is 0 Å². The Hall–Kier alpha value is -1.53. The zero-order chi connectivity index (χ0) is 14.9. The Kier molecular flexibility index (Phi) is 6.29. The van der Waals surface area contributed by atoms with Gasteiger partial charge >= 0.3 is 0 Å². The molecule has 0 spiro atoms. The summed E-state index contributed by atoms with van der Waals surface area (Å²) >= 11 is 5.99. The molecule has 128 valence electrons. The average Bonchev–Trinajstić information content (AvgIpc) is 2.96. The van der Waals surface area contributed by atoms with E-state index in [1.165, 1.54) is 0 Å². The third kappa shape index (κ3) is 3.44. The number of halogens is 3. The summed E-state index contributed by atoms with van der Waals surface area (Å²) < 4.78 is 1.94. The normalized spacial score (nSPS) is 14.1. The van der Waals surface area contributed by atoms with Crippen LogP contribution in [0.15, 0.2) is 42.7 Å². The van der Waals surface area contributed by atoms with Crippen molar-refractivity contribution in [2.45, 2.75) is 0 Å². The summed E-state index contributed by atoms with van der Waals surface area (Å²) in [4.78, 5) is 6.58. The van der Waals surface area contributed by atoms with E-state index in [-0.39, 0.29) is 24.8 Å². The first-order chi connectivity index (χ1) is 10.8. The smallest absolute Gasteiger partial charge is 0.159 e. The fraction of sp³-hybridized carbons (Fsp3) is 0.250. The number of nitrogens with one attached hydrogen (secondary N) is 1. The second-order valence-electron chi connectivity index (χ2n) is 5.34. The van der Waals surface area contributed by atoms with Crippen LogP contribution in [-0.2, 0) is 0 Å². The van der Waals surface area contributed by atoms with Gasteiger partial charge in [0.25, 0.3) is 0 Å². The zero-order valence-corrected chi connectivity index (χ0v) is 15.2. The van der Waals surface area contributed by atoms with E-state index in [1.54, 1.807) is 0 Å². The number of hydrogen-bond donors (Lipinski definition) is 1. The van der Waals surface area contributed by atoms with Gasteiger partial charge in [-0.15, -0.1) is 29.9 Å². The van der Waals surface area contributed by atoms with E-state index in [2.05, 4.69) is 15.2 Å². The van der Waals surface area contributed by atoms with Gasteiger partial charge < -0.3 is 10.2 Å². The van der Waals surface area contributed by atoms with Crippen molar-refractivity contribution < 1.29 is 0 Å². The molecular weight excluding hydrogens is 369 g/mol. The van der Waals surface area contributed by atoms with Crippen LogP contribution in [0.25, 0.3) is 16.6 Å². The molecule has 24 heavy (non-hydrogen) atoms. The van der Waals surface area contributed by atoms with Crippen LogP contribution in [0.4, 0.5) is 5.82 Å². The summed E-state index contributed by atoms with van der Waals surface area (Å²) in [7, 11) is 0. The minimum Gasteiger partial charge on any atom is -0.352 e. The lowest BCUT2D eigenvalue weighted by Crippen LogP contribution is -2.43. The molecule has 0 radical (unpaired) electrons. The third-order valence-corrected chi connectivity index (χ3v) is 4.20. The molecule has 0 amide bonds. The Morgan fingerprint density at radius 3 is 2.42 bits per heavy atom. The zero-order valence-electron chi connectivity index (χ0n) is 12.9. The lowest BCUT2D eigenvalue weighted by Gasteiger charge is -2.27. The number of hydrogen-bond acceptors (Lipinski definition) is 4. The van der Waals surface area contributed by atoms with Crippen molar-refractivity contribution in [1.29, 1.82) is 0 Å². The molecular formula is C16H18Cl3N5. The highest BCUT2D eigenvalue weighted by Gasteiger charge is 2.19. The minimum atomic E-state index is 0. The van der Waals surface area contributed by atoms with Crippen LogP contribution in [0.1, 0.15) is 0 Å². The summed E-state index contributed by atoms with van der Waals surface area (Å²) in [5, 5.41) is 10.1. The average molecular weight is 387 g/mol. The van der Waals surface area contributed by atoms with Gasteiger partial charge in [-0.05, 0) is 30.3 Å². The summed E-state index contributed by atoms with van der Waals surface area (Å²) in [6.45, 7) is 3.91. The van der Waals surface area contributed by atoms with Crippen molar-refractivity contribution in [3.63, 3.8) is 0 Å². The van der Waals surface area contributed by atoms with E-state index in [0.29, 0.717) is 0 Å². The number of aromatic nitrogens is 3. The Morgan fingerprint density at radius 2 is 1.71 bits per heavy atom. The Morgan fingerprint density at radius 1 is 1.00 bits per heavy atom. The predicted octanol–water partition coefficient (Wildman–Crippen LogP) is 3.33. The van der Waals surface area contributed by atoms with Gasteiger partial charge in [-0.1, -0.05) is 11.6 Å². The Bertz CT molecular complexity index is 797. The third-order valence-electron chi connectivity index (χ3n) is 3.95. The molecule has 0 atom stereocenters. The molecule has 3 heterocycles. The first kappa shape index (κ1) is 18.8. The highest BCUT2D eigenvalue weighted by molar-refractivity contribution is 6.30.